The van der Waals surface area contributed by atoms with Crippen LogP contribution in [0.2, 0.25) is 0 Å². The molecule has 0 saturated carbocycles. The standard InChI is InChI=1S/C12H16N2O5/c1-13-5-4-11(16)12(17)8-2-3-10(14(18)19)9(6-8)7-15/h2-3,6-7,11-13,16-17H,4-5H2,1H3. The molecule has 1 aromatic carbocycles. The number of carbonyl (C=O) groups is 1. The van der Waals surface area contributed by atoms with Gasteiger partial charge in [-0.25, -0.2) is 0 Å². The molecule has 0 aliphatic heterocycles. The van der Waals surface area contributed by atoms with E-state index >= 15 is 0 Å². The van der Waals surface area contributed by atoms with Crippen molar-refractivity contribution in [3.05, 3.63) is 39.4 Å². The summed E-state index contributed by atoms with van der Waals surface area (Å²) in [6.45, 7) is 0.520. The van der Waals surface area contributed by atoms with Crippen LogP contribution in [0.5, 0.6) is 0 Å². The van der Waals surface area contributed by atoms with Gasteiger partial charge in [-0.15, -0.1) is 0 Å². The number of benzene rings is 1. The highest BCUT2D eigenvalue weighted by Gasteiger charge is 2.21. The Kier molecular flexibility index (Phi) is 5.56. The van der Waals surface area contributed by atoms with E-state index in [-0.39, 0.29) is 16.8 Å². The SMILES string of the molecule is CNCCC(O)C(O)c1ccc([N+](=O)[O-])c(C=O)c1. The Bertz CT molecular complexity index is 463. The number of nitrogens with one attached hydrogen (secondary N) is 1. The van der Waals surface area contributed by atoms with Crippen molar-refractivity contribution in [1.82, 2.24) is 5.32 Å². The van der Waals surface area contributed by atoms with Crippen LogP contribution in [-0.4, -0.2) is 41.1 Å². The minimum absolute atomic E-state index is 0.123. The van der Waals surface area contributed by atoms with E-state index in [1.54, 1.807) is 7.05 Å². The molecular formula is C12H16N2O5. The molecule has 0 radical (unpaired) electrons. The molecule has 19 heavy (non-hydrogen) atoms. The van der Waals surface area contributed by atoms with Gasteiger partial charge in [0.1, 0.15) is 6.10 Å². The van der Waals surface area contributed by atoms with Gasteiger partial charge >= 0.3 is 0 Å². The number of aldehydes is 1. The van der Waals surface area contributed by atoms with Crippen LogP contribution in [0.15, 0.2) is 18.2 Å². The third kappa shape index (κ3) is 3.82. The summed E-state index contributed by atoms with van der Waals surface area (Å²) < 4.78 is 0. The van der Waals surface area contributed by atoms with E-state index in [0.717, 1.165) is 6.07 Å². The number of aliphatic hydroxyl groups is 2. The third-order valence-electron chi connectivity index (χ3n) is 2.77. The zero-order chi connectivity index (χ0) is 14.4. The summed E-state index contributed by atoms with van der Waals surface area (Å²) in [5, 5.41) is 33.1. The zero-order valence-corrected chi connectivity index (χ0v) is 10.4. The molecular weight excluding hydrogens is 252 g/mol. The average molecular weight is 268 g/mol. The Labute approximate surface area is 110 Å². The van der Waals surface area contributed by atoms with E-state index in [1.807, 2.05) is 0 Å². The smallest absolute Gasteiger partial charge is 0.279 e. The highest BCUT2D eigenvalue weighted by molar-refractivity contribution is 5.81. The first-order chi connectivity index (χ1) is 9.01. The van der Waals surface area contributed by atoms with Gasteiger partial charge in [0.15, 0.2) is 6.29 Å². The molecule has 1 aromatic rings. The predicted molar refractivity (Wildman–Crippen MR) is 68.0 cm³/mol. The van der Waals surface area contributed by atoms with Gasteiger partial charge in [-0.3, -0.25) is 14.9 Å². The van der Waals surface area contributed by atoms with E-state index in [2.05, 4.69) is 5.32 Å². The summed E-state index contributed by atoms with van der Waals surface area (Å²) in [7, 11) is 1.72. The minimum Gasteiger partial charge on any atom is -0.390 e. The molecule has 0 aliphatic carbocycles. The summed E-state index contributed by atoms with van der Waals surface area (Å²) in [5.41, 5.74) is -0.172. The van der Waals surface area contributed by atoms with E-state index in [0.29, 0.717) is 19.3 Å². The monoisotopic (exact) mass is 268 g/mol. The van der Waals surface area contributed by atoms with Gasteiger partial charge in [0.2, 0.25) is 0 Å². The average Bonchev–Trinajstić information content (AvgIpc) is 2.42. The molecule has 0 bridgehead atoms. The van der Waals surface area contributed by atoms with Gasteiger partial charge < -0.3 is 15.5 Å². The topological polar surface area (TPSA) is 113 Å². The maximum absolute atomic E-state index is 10.8. The van der Waals surface area contributed by atoms with Crippen molar-refractivity contribution in [2.24, 2.45) is 0 Å². The number of nitrogens with zero attached hydrogens (tertiary/aromatic N) is 1. The van der Waals surface area contributed by atoms with Crippen molar-refractivity contribution < 1.29 is 19.9 Å². The third-order valence-corrected chi connectivity index (χ3v) is 2.77. The molecule has 0 saturated heterocycles. The lowest BCUT2D eigenvalue weighted by molar-refractivity contribution is -0.385. The molecule has 7 nitrogen and oxygen atoms in total. The van der Waals surface area contributed by atoms with Crippen molar-refractivity contribution in [3.63, 3.8) is 0 Å². The fraction of sp³-hybridized carbons (Fsp3) is 0.417. The van der Waals surface area contributed by atoms with Gasteiger partial charge in [-0.05, 0) is 37.7 Å². The molecule has 0 amide bonds. The van der Waals surface area contributed by atoms with Crippen molar-refractivity contribution >= 4 is 12.0 Å². The molecule has 0 spiro atoms. The second-order valence-electron chi connectivity index (χ2n) is 4.10. The van der Waals surface area contributed by atoms with Crippen molar-refractivity contribution in [2.75, 3.05) is 13.6 Å². The molecule has 0 aliphatic rings. The van der Waals surface area contributed by atoms with Crippen molar-refractivity contribution in [3.8, 4) is 0 Å². The maximum atomic E-state index is 10.8. The molecule has 2 unspecified atom stereocenters. The molecule has 7 heteroatoms. The highest BCUT2D eigenvalue weighted by Crippen LogP contribution is 2.24. The summed E-state index contributed by atoms with van der Waals surface area (Å²) in [6.07, 6.45) is -1.51. The summed E-state index contributed by atoms with van der Waals surface area (Å²) in [6, 6.07) is 3.70. The Hall–Kier alpha value is -1.83. The maximum Gasteiger partial charge on any atom is 0.279 e. The van der Waals surface area contributed by atoms with Gasteiger partial charge in [-0.1, -0.05) is 0 Å². The molecule has 3 N–H and O–H groups in total. The number of carbonyl (C=O) groups excluding carboxylic acids is 1. The van der Waals surface area contributed by atoms with Crippen LogP contribution in [0.25, 0.3) is 0 Å². The van der Waals surface area contributed by atoms with Crippen LogP contribution in [0.1, 0.15) is 28.4 Å². The Morgan fingerprint density at radius 3 is 2.68 bits per heavy atom. The Balaban J connectivity index is 2.95. The van der Waals surface area contributed by atoms with Crippen LogP contribution in [0.3, 0.4) is 0 Å². The normalized spacial score (nSPS) is 13.8. The molecule has 2 atom stereocenters. The molecule has 1 rings (SSSR count). The number of hydrogen-bond donors (Lipinski definition) is 3. The van der Waals surface area contributed by atoms with Crippen LogP contribution >= 0.6 is 0 Å². The second kappa shape index (κ2) is 6.93. The zero-order valence-electron chi connectivity index (χ0n) is 10.4. The van der Waals surface area contributed by atoms with Crippen LogP contribution in [0.4, 0.5) is 5.69 Å². The predicted octanol–water partition coefficient (Wildman–Crippen LogP) is 0.411. The number of rotatable bonds is 7. The number of nitro groups is 1. The number of nitro benzene ring substituents is 1. The summed E-state index contributed by atoms with van der Waals surface area (Å²) in [4.78, 5) is 20.8. The molecule has 104 valence electrons. The first kappa shape index (κ1) is 15.2. The van der Waals surface area contributed by atoms with E-state index in [1.165, 1.54) is 12.1 Å². The molecule has 0 fully saturated rings. The second-order valence-corrected chi connectivity index (χ2v) is 4.10. The number of hydrogen-bond acceptors (Lipinski definition) is 6. The largest absolute Gasteiger partial charge is 0.390 e. The fourth-order valence-corrected chi connectivity index (χ4v) is 1.69. The van der Waals surface area contributed by atoms with E-state index in [9.17, 15) is 25.1 Å². The Morgan fingerprint density at radius 1 is 1.47 bits per heavy atom. The fourth-order valence-electron chi connectivity index (χ4n) is 1.69. The molecule has 0 heterocycles. The summed E-state index contributed by atoms with van der Waals surface area (Å²) >= 11 is 0. The lowest BCUT2D eigenvalue weighted by Gasteiger charge is -2.18. The van der Waals surface area contributed by atoms with E-state index < -0.39 is 17.1 Å². The van der Waals surface area contributed by atoms with Crippen molar-refractivity contribution in [2.45, 2.75) is 18.6 Å². The highest BCUT2D eigenvalue weighted by atomic mass is 16.6. The van der Waals surface area contributed by atoms with Gasteiger partial charge in [0.25, 0.3) is 5.69 Å². The lowest BCUT2D eigenvalue weighted by Crippen LogP contribution is -2.23. The van der Waals surface area contributed by atoms with Gasteiger partial charge in [0.05, 0.1) is 16.6 Å². The number of aliphatic hydroxyl groups excluding tert-OH is 2. The lowest BCUT2D eigenvalue weighted by atomic mass is 9.99. The van der Waals surface area contributed by atoms with Crippen LogP contribution < -0.4 is 5.32 Å². The first-order valence-corrected chi connectivity index (χ1v) is 5.75. The minimum atomic E-state index is -1.19. The van der Waals surface area contributed by atoms with Gasteiger partial charge in [0, 0.05) is 6.07 Å². The molecule has 0 aromatic heterocycles. The van der Waals surface area contributed by atoms with Gasteiger partial charge in [-0.2, -0.15) is 0 Å². The first-order valence-electron chi connectivity index (χ1n) is 5.75. The van der Waals surface area contributed by atoms with Crippen LogP contribution in [-0.2, 0) is 0 Å². The van der Waals surface area contributed by atoms with E-state index in [4.69, 9.17) is 0 Å². The van der Waals surface area contributed by atoms with Crippen molar-refractivity contribution in [1.29, 1.82) is 0 Å². The quantitative estimate of drug-likeness (QED) is 0.375. The Morgan fingerprint density at radius 2 is 2.16 bits per heavy atom. The summed E-state index contributed by atoms with van der Waals surface area (Å²) in [5.74, 6) is 0. The van der Waals surface area contributed by atoms with Crippen LogP contribution in [0, 0.1) is 10.1 Å².